The maximum atomic E-state index is 12.5. The summed E-state index contributed by atoms with van der Waals surface area (Å²) in [6.45, 7) is -0.602. The first-order valence-corrected chi connectivity index (χ1v) is 10.3. The van der Waals surface area contributed by atoms with Crippen LogP contribution in [-0.2, 0) is 4.79 Å². The molecule has 0 bridgehead atoms. The second-order valence-electron chi connectivity index (χ2n) is 7.42. The van der Waals surface area contributed by atoms with Gasteiger partial charge in [-0.1, -0.05) is 12.1 Å². The zero-order valence-corrected chi connectivity index (χ0v) is 17.9. The van der Waals surface area contributed by atoms with Gasteiger partial charge in [-0.3, -0.25) is 9.59 Å². The van der Waals surface area contributed by atoms with Gasteiger partial charge in [0.25, 0.3) is 0 Å². The molecular formula is C24H18O11. The molecule has 1 aliphatic heterocycles. The number of carbonyl (C=O) groups excluding carboxylic acids is 1. The van der Waals surface area contributed by atoms with Crippen LogP contribution in [0, 0.1) is 0 Å². The van der Waals surface area contributed by atoms with Crippen molar-refractivity contribution >= 4 is 28.7 Å². The second kappa shape index (κ2) is 9.69. The lowest BCUT2D eigenvalue weighted by Gasteiger charge is -2.17. The minimum Gasteiger partial charge on any atom is -0.490 e. The van der Waals surface area contributed by atoms with Crippen LogP contribution in [0.5, 0.6) is 17.2 Å². The maximum absolute atomic E-state index is 12.5. The minimum atomic E-state index is -1.39. The Kier molecular flexibility index (Phi) is 6.51. The highest BCUT2D eigenvalue weighted by Crippen LogP contribution is 2.33. The molecule has 1 unspecified atom stereocenters. The maximum Gasteiger partial charge on any atom is 0.371 e. The monoisotopic (exact) mass is 482 g/mol. The van der Waals surface area contributed by atoms with E-state index in [0.29, 0.717) is 0 Å². The average molecular weight is 482 g/mol. The van der Waals surface area contributed by atoms with Crippen LogP contribution in [0.4, 0.5) is 0 Å². The minimum absolute atomic E-state index is 0.0120. The second-order valence-corrected chi connectivity index (χ2v) is 7.42. The number of Topliss-reactive ketones (excluding diaryl/α,β-unsaturated/α-hetero) is 1. The molecule has 2 heterocycles. The molecule has 2 aromatic carbocycles. The largest absolute Gasteiger partial charge is 0.490 e. The number of carbonyl (C=O) groups is 3. The number of benzene rings is 2. The fourth-order valence-electron chi connectivity index (χ4n) is 3.39. The van der Waals surface area contributed by atoms with Crippen molar-refractivity contribution in [2.45, 2.75) is 12.5 Å². The number of fused-ring (bicyclic) bond motifs is 2. The molecule has 0 fully saturated rings. The highest BCUT2D eigenvalue weighted by molar-refractivity contribution is 6.03. The molecule has 0 spiro atoms. The summed E-state index contributed by atoms with van der Waals surface area (Å²) in [5.41, 5.74) is -0.559. The first-order chi connectivity index (χ1) is 16.7. The number of hydrogen-bond acceptors (Lipinski definition) is 9. The molecular weight excluding hydrogens is 464 g/mol. The summed E-state index contributed by atoms with van der Waals surface area (Å²) >= 11 is 0. The molecule has 0 saturated carbocycles. The van der Waals surface area contributed by atoms with Gasteiger partial charge in [-0.2, -0.15) is 0 Å². The van der Waals surface area contributed by atoms with Crippen molar-refractivity contribution in [1.82, 2.24) is 0 Å². The molecule has 0 amide bonds. The number of aliphatic hydroxyl groups excluding tert-OH is 1. The zero-order valence-electron chi connectivity index (χ0n) is 17.9. The van der Waals surface area contributed by atoms with E-state index in [2.05, 4.69) is 0 Å². The molecule has 180 valence electrons. The summed E-state index contributed by atoms with van der Waals surface area (Å²) in [5.74, 6) is -3.81. The van der Waals surface area contributed by atoms with Crippen LogP contribution >= 0.6 is 0 Å². The summed E-state index contributed by atoms with van der Waals surface area (Å²) in [6, 6.07) is 9.64. The molecule has 11 nitrogen and oxygen atoms in total. The van der Waals surface area contributed by atoms with Gasteiger partial charge in [0.1, 0.15) is 53.1 Å². The normalized spacial score (nSPS) is 13.7. The number of carboxylic acids is 2. The first kappa shape index (κ1) is 23.5. The van der Waals surface area contributed by atoms with Gasteiger partial charge >= 0.3 is 11.9 Å². The van der Waals surface area contributed by atoms with Crippen LogP contribution in [-0.4, -0.2) is 52.4 Å². The van der Waals surface area contributed by atoms with Crippen molar-refractivity contribution in [2.75, 3.05) is 13.2 Å². The van der Waals surface area contributed by atoms with Crippen LogP contribution in [0.25, 0.3) is 11.0 Å². The summed E-state index contributed by atoms with van der Waals surface area (Å²) in [7, 11) is 0. The van der Waals surface area contributed by atoms with Gasteiger partial charge in [-0.25, -0.2) is 9.59 Å². The van der Waals surface area contributed by atoms with Crippen molar-refractivity contribution in [3.63, 3.8) is 0 Å². The number of allylic oxidation sites excluding steroid dienone is 1. The Bertz CT molecular complexity index is 1420. The van der Waals surface area contributed by atoms with Gasteiger partial charge in [-0.05, 0) is 30.3 Å². The number of ether oxygens (including phenoxy) is 3. The van der Waals surface area contributed by atoms with E-state index in [9.17, 15) is 24.3 Å². The predicted molar refractivity (Wildman–Crippen MR) is 118 cm³/mol. The molecule has 3 N–H and O–H groups in total. The molecule has 35 heavy (non-hydrogen) atoms. The van der Waals surface area contributed by atoms with E-state index in [1.165, 1.54) is 36.4 Å². The van der Waals surface area contributed by atoms with Crippen LogP contribution in [0.3, 0.4) is 0 Å². The molecule has 1 aliphatic rings. The number of hydrogen-bond donors (Lipinski definition) is 3. The average Bonchev–Trinajstić information content (AvgIpc) is 3.00. The van der Waals surface area contributed by atoms with E-state index in [1.807, 2.05) is 0 Å². The van der Waals surface area contributed by atoms with Crippen molar-refractivity contribution in [1.29, 1.82) is 0 Å². The summed E-state index contributed by atoms with van der Waals surface area (Å²) < 4.78 is 21.6. The highest BCUT2D eigenvalue weighted by atomic mass is 16.5. The molecule has 4 rings (SSSR count). The molecule has 1 aromatic heterocycles. The number of aromatic carboxylic acids is 1. The Morgan fingerprint density at radius 2 is 1.66 bits per heavy atom. The molecule has 0 aliphatic carbocycles. The Hall–Kier alpha value is -4.64. The third-order valence-corrected chi connectivity index (χ3v) is 4.96. The molecule has 0 radical (unpaired) electrons. The summed E-state index contributed by atoms with van der Waals surface area (Å²) in [4.78, 5) is 47.2. The van der Waals surface area contributed by atoms with Crippen molar-refractivity contribution in [2.24, 2.45) is 0 Å². The third kappa shape index (κ3) is 4.99. The van der Waals surface area contributed by atoms with Gasteiger partial charge < -0.3 is 33.9 Å². The molecule has 1 atom stereocenters. The zero-order chi connectivity index (χ0) is 25.1. The molecule has 11 heteroatoms. The topological polar surface area (TPSA) is 170 Å². The van der Waals surface area contributed by atoms with E-state index < -0.39 is 35.0 Å². The van der Waals surface area contributed by atoms with Gasteiger partial charge in [0.15, 0.2) is 11.2 Å². The first-order valence-electron chi connectivity index (χ1n) is 10.3. The number of rotatable bonds is 8. The Balaban J connectivity index is 1.46. The fourth-order valence-corrected chi connectivity index (χ4v) is 3.39. The standard InChI is InChI=1S/C24H18O11/c25-12(11-33-16-4-2-6-18-22(16)14(27)9-20(35-18)24(30)31)10-32-15-3-1-5-17-21(15)13(26)7-8-19(34-17)23(28)29/h1-6,8-9,12,25H,7,10-11H2,(H,28,29)(H,30,31). The lowest BCUT2D eigenvalue weighted by atomic mass is 10.1. The third-order valence-electron chi connectivity index (χ3n) is 4.96. The van der Waals surface area contributed by atoms with Gasteiger partial charge in [0.05, 0.1) is 0 Å². The number of aliphatic carboxylic acids is 1. The van der Waals surface area contributed by atoms with Crippen molar-refractivity contribution in [3.8, 4) is 17.2 Å². The lowest BCUT2D eigenvalue weighted by molar-refractivity contribution is -0.135. The molecule has 0 saturated heterocycles. The number of aliphatic hydroxyl groups is 1. The predicted octanol–water partition coefficient (Wildman–Crippen LogP) is 2.24. The van der Waals surface area contributed by atoms with Crippen LogP contribution in [0.2, 0.25) is 0 Å². The van der Waals surface area contributed by atoms with Crippen molar-refractivity contribution in [3.05, 3.63) is 75.8 Å². The fraction of sp³-hybridized carbons (Fsp3) is 0.167. The van der Waals surface area contributed by atoms with Crippen LogP contribution in [0.15, 0.2) is 63.5 Å². The van der Waals surface area contributed by atoms with Crippen LogP contribution < -0.4 is 19.6 Å². The number of carboxylic acid groups (broad SMARTS) is 2. The Morgan fingerprint density at radius 1 is 0.971 bits per heavy atom. The van der Waals surface area contributed by atoms with E-state index in [1.54, 1.807) is 0 Å². The van der Waals surface area contributed by atoms with E-state index >= 15 is 0 Å². The SMILES string of the molecule is O=C(O)C1=CCC(=O)c2c(OCC(O)COc3cccc4oc(C(=O)O)cc(=O)c34)cccc2O1. The molecule has 3 aromatic rings. The quantitative estimate of drug-likeness (QED) is 0.430. The van der Waals surface area contributed by atoms with Crippen molar-refractivity contribution < 1.29 is 48.3 Å². The van der Waals surface area contributed by atoms with E-state index in [4.69, 9.17) is 28.8 Å². The summed E-state index contributed by atoms with van der Waals surface area (Å²) in [6.07, 6.45) is -0.230. The van der Waals surface area contributed by atoms with E-state index in [-0.39, 0.29) is 59.2 Å². The smallest absolute Gasteiger partial charge is 0.371 e. The highest BCUT2D eigenvalue weighted by Gasteiger charge is 2.25. The van der Waals surface area contributed by atoms with Gasteiger partial charge in [0.2, 0.25) is 11.5 Å². The lowest BCUT2D eigenvalue weighted by Crippen LogP contribution is -2.26. The van der Waals surface area contributed by atoms with E-state index in [0.717, 1.165) is 12.1 Å². The number of ketones is 1. The Labute approximate surface area is 196 Å². The summed E-state index contributed by atoms with van der Waals surface area (Å²) in [5, 5.41) is 28.6. The Morgan fingerprint density at radius 3 is 2.37 bits per heavy atom. The van der Waals surface area contributed by atoms with Gasteiger partial charge in [-0.15, -0.1) is 0 Å². The van der Waals surface area contributed by atoms with Gasteiger partial charge in [0, 0.05) is 12.5 Å². The van der Waals surface area contributed by atoms with Crippen LogP contribution in [0.1, 0.15) is 27.3 Å².